The fourth-order valence-electron chi connectivity index (χ4n) is 1.12. The Bertz CT molecular complexity index is 558. The summed E-state index contributed by atoms with van der Waals surface area (Å²) in [5.41, 5.74) is 0.0892. The largest absolute Gasteiger partial charge is 0.431 e. The molecule has 0 aliphatic heterocycles. The molecule has 0 unspecified atom stereocenters. The number of halogens is 2. The molecule has 0 amide bonds. The maximum absolute atomic E-state index is 13.2. The summed E-state index contributed by atoms with van der Waals surface area (Å²) in [6.07, 6.45) is 0. The number of para-hydroxylation sites is 1. The zero-order valence-corrected chi connectivity index (χ0v) is 8.39. The van der Waals surface area contributed by atoms with Crippen molar-refractivity contribution < 1.29 is 13.5 Å². The van der Waals surface area contributed by atoms with E-state index in [1.807, 2.05) is 0 Å². The average molecular weight is 233 g/mol. The first kappa shape index (κ1) is 11.0. The highest BCUT2D eigenvalue weighted by molar-refractivity contribution is 5.30. The van der Waals surface area contributed by atoms with Gasteiger partial charge >= 0.3 is 0 Å². The molecular formula is C11H5F2N3O. The zero-order valence-electron chi connectivity index (χ0n) is 8.39. The minimum Gasteiger partial charge on any atom is -0.431 e. The third-order valence-corrected chi connectivity index (χ3v) is 1.88. The van der Waals surface area contributed by atoms with Gasteiger partial charge in [0.25, 0.3) is 0 Å². The van der Waals surface area contributed by atoms with Crippen molar-refractivity contribution in [1.29, 1.82) is 5.26 Å². The molecule has 17 heavy (non-hydrogen) atoms. The number of hydrogen-bond donors (Lipinski definition) is 0. The van der Waals surface area contributed by atoms with Gasteiger partial charge in [-0.2, -0.15) is 5.26 Å². The lowest BCUT2D eigenvalue weighted by Crippen LogP contribution is -1.96. The Balaban J connectivity index is 2.29. The SMILES string of the molecule is N#Cc1ccc(Oc2c(F)cccc2F)nn1. The Morgan fingerprint density at radius 1 is 1.06 bits per heavy atom. The molecule has 2 aromatic rings. The second-order valence-electron chi connectivity index (χ2n) is 3.02. The molecule has 0 atom stereocenters. The van der Waals surface area contributed by atoms with Gasteiger partial charge in [0.1, 0.15) is 6.07 Å². The number of hydrogen-bond acceptors (Lipinski definition) is 4. The van der Waals surface area contributed by atoms with E-state index in [-0.39, 0.29) is 11.6 Å². The van der Waals surface area contributed by atoms with Crippen LogP contribution in [0.5, 0.6) is 11.6 Å². The summed E-state index contributed by atoms with van der Waals surface area (Å²) in [5, 5.41) is 15.5. The van der Waals surface area contributed by atoms with E-state index in [9.17, 15) is 8.78 Å². The van der Waals surface area contributed by atoms with Gasteiger partial charge < -0.3 is 4.74 Å². The van der Waals surface area contributed by atoms with E-state index in [1.165, 1.54) is 18.2 Å². The quantitative estimate of drug-likeness (QED) is 0.799. The van der Waals surface area contributed by atoms with Crippen LogP contribution in [0.15, 0.2) is 30.3 Å². The average Bonchev–Trinajstić information content (AvgIpc) is 2.35. The molecule has 1 heterocycles. The van der Waals surface area contributed by atoms with Gasteiger partial charge in [0.05, 0.1) is 0 Å². The van der Waals surface area contributed by atoms with Gasteiger partial charge in [0, 0.05) is 6.07 Å². The van der Waals surface area contributed by atoms with E-state index >= 15 is 0 Å². The molecule has 0 saturated carbocycles. The van der Waals surface area contributed by atoms with Crippen LogP contribution < -0.4 is 4.74 Å². The molecule has 0 spiro atoms. The molecule has 0 bridgehead atoms. The van der Waals surface area contributed by atoms with Crippen LogP contribution in [0.2, 0.25) is 0 Å². The molecule has 0 radical (unpaired) electrons. The number of benzene rings is 1. The Kier molecular flexibility index (Phi) is 2.92. The van der Waals surface area contributed by atoms with Crippen LogP contribution in [-0.2, 0) is 0 Å². The van der Waals surface area contributed by atoms with E-state index < -0.39 is 17.4 Å². The van der Waals surface area contributed by atoms with Crippen LogP contribution in [-0.4, -0.2) is 10.2 Å². The summed E-state index contributed by atoms with van der Waals surface area (Å²) in [6, 6.07) is 7.76. The van der Waals surface area contributed by atoms with Gasteiger partial charge in [-0.3, -0.25) is 0 Å². The van der Waals surface area contributed by atoms with Crippen molar-refractivity contribution in [3.05, 3.63) is 47.7 Å². The van der Waals surface area contributed by atoms with Crippen LogP contribution in [0.1, 0.15) is 5.69 Å². The zero-order chi connectivity index (χ0) is 12.3. The number of nitriles is 1. The standard InChI is InChI=1S/C11H5F2N3O/c12-8-2-1-3-9(13)11(8)17-10-5-4-7(6-14)15-16-10/h1-5H. The normalized spacial score (nSPS) is 9.71. The molecule has 84 valence electrons. The first-order chi connectivity index (χ1) is 8.20. The molecule has 6 heteroatoms. The second kappa shape index (κ2) is 4.53. The smallest absolute Gasteiger partial charge is 0.239 e. The van der Waals surface area contributed by atoms with Crippen LogP contribution in [0.25, 0.3) is 0 Å². The maximum atomic E-state index is 13.2. The highest BCUT2D eigenvalue weighted by atomic mass is 19.1. The third-order valence-electron chi connectivity index (χ3n) is 1.88. The van der Waals surface area contributed by atoms with Gasteiger partial charge in [-0.15, -0.1) is 10.2 Å². The Labute approximate surface area is 95.1 Å². The van der Waals surface area contributed by atoms with Gasteiger partial charge in [0.2, 0.25) is 11.6 Å². The Morgan fingerprint density at radius 2 is 1.76 bits per heavy atom. The lowest BCUT2D eigenvalue weighted by Gasteiger charge is -2.05. The van der Waals surface area contributed by atoms with Crippen LogP contribution >= 0.6 is 0 Å². The minimum absolute atomic E-state index is 0.0892. The monoisotopic (exact) mass is 233 g/mol. The van der Waals surface area contributed by atoms with Crippen molar-refractivity contribution in [3.8, 4) is 17.7 Å². The molecule has 1 aromatic carbocycles. The van der Waals surface area contributed by atoms with E-state index in [4.69, 9.17) is 10.00 Å². The summed E-state index contributed by atoms with van der Waals surface area (Å²) in [4.78, 5) is 0. The first-order valence-electron chi connectivity index (χ1n) is 4.56. The third kappa shape index (κ3) is 2.34. The summed E-state index contributed by atoms with van der Waals surface area (Å²) in [6.45, 7) is 0. The lowest BCUT2D eigenvalue weighted by molar-refractivity contribution is 0.391. The fraction of sp³-hybridized carbons (Fsp3) is 0. The van der Waals surface area contributed by atoms with E-state index in [1.54, 1.807) is 6.07 Å². The summed E-state index contributed by atoms with van der Waals surface area (Å²) in [7, 11) is 0. The minimum atomic E-state index is -0.837. The van der Waals surface area contributed by atoms with Crippen molar-refractivity contribution in [2.75, 3.05) is 0 Å². The van der Waals surface area contributed by atoms with E-state index in [0.717, 1.165) is 12.1 Å². The van der Waals surface area contributed by atoms with Crippen LogP contribution in [0.4, 0.5) is 8.78 Å². The Morgan fingerprint density at radius 3 is 2.29 bits per heavy atom. The second-order valence-corrected chi connectivity index (χ2v) is 3.02. The highest BCUT2D eigenvalue weighted by Crippen LogP contribution is 2.25. The molecule has 2 rings (SSSR count). The van der Waals surface area contributed by atoms with Crippen LogP contribution in [0, 0.1) is 23.0 Å². The summed E-state index contributed by atoms with van der Waals surface area (Å²) in [5.74, 6) is -2.31. The van der Waals surface area contributed by atoms with Crippen molar-refractivity contribution in [3.63, 3.8) is 0 Å². The van der Waals surface area contributed by atoms with E-state index in [0.29, 0.717) is 0 Å². The molecule has 4 nitrogen and oxygen atoms in total. The predicted octanol–water partition coefficient (Wildman–Crippen LogP) is 2.42. The molecule has 1 aromatic heterocycles. The first-order valence-corrected chi connectivity index (χ1v) is 4.56. The molecule has 0 N–H and O–H groups in total. The van der Waals surface area contributed by atoms with Gasteiger partial charge in [-0.1, -0.05) is 6.07 Å². The predicted molar refractivity (Wildman–Crippen MR) is 53.2 cm³/mol. The molecular weight excluding hydrogens is 228 g/mol. The van der Waals surface area contributed by atoms with Crippen molar-refractivity contribution >= 4 is 0 Å². The molecule has 0 aliphatic rings. The highest BCUT2D eigenvalue weighted by Gasteiger charge is 2.11. The molecule has 0 aliphatic carbocycles. The van der Waals surface area contributed by atoms with Crippen molar-refractivity contribution in [1.82, 2.24) is 10.2 Å². The number of aromatic nitrogens is 2. The number of rotatable bonds is 2. The summed E-state index contributed by atoms with van der Waals surface area (Å²) < 4.78 is 31.3. The number of ether oxygens (including phenoxy) is 1. The molecule has 0 fully saturated rings. The van der Waals surface area contributed by atoms with Crippen LogP contribution in [0.3, 0.4) is 0 Å². The van der Waals surface area contributed by atoms with E-state index in [2.05, 4.69) is 10.2 Å². The van der Waals surface area contributed by atoms with Crippen molar-refractivity contribution in [2.45, 2.75) is 0 Å². The summed E-state index contributed by atoms with van der Waals surface area (Å²) >= 11 is 0. The fourth-order valence-corrected chi connectivity index (χ4v) is 1.12. The molecule has 0 saturated heterocycles. The van der Waals surface area contributed by atoms with Gasteiger partial charge in [-0.25, -0.2) is 8.78 Å². The lowest BCUT2D eigenvalue weighted by atomic mass is 10.3. The topological polar surface area (TPSA) is 58.8 Å². The Hall–Kier alpha value is -2.55. The maximum Gasteiger partial charge on any atom is 0.239 e. The van der Waals surface area contributed by atoms with Crippen molar-refractivity contribution in [2.24, 2.45) is 0 Å². The van der Waals surface area contributed by atoms with Gasteiger partial charge in [-0.05, 0) is 18.2 Å². The van der Waals surface area contributed by atoms with Gasteiger partial charge in [0.15, 0.2) is 17.3 Å². The number of nitrogens with zero attached hydrogens (tertiary/aromatic N) is 3.